The lowest BCUT2D eigenvalue weighted by molar-refractivity contribution is -0.141. The van der Waals surface area contributed by atoms with Gasteiger partial charge in [0, 0.05) is 12.6 Å². The van der Waals surface area contributed by atoms with Crippen LogP contribution in [0.3, 0.4) is 0 Å². The summed E-state index contributed by atoms with van der Waals surface area (Å²) in [7, 11) is 0. The van der Waals surface area contributed by atoms with E-state index >= 15 is 0 Å². The van der Waals surface area contributed by atoms with Gasteiger partial charge < -0.3 is 15.7 Å². The molecule has 0 saturated carbocycles. The molecule has 0 aliphatic rings. The quantitative estimate of drug-likeness (QED) is 0.717. The van der Waals surface area contributed by atoms with E-state index in [1.54, 1.807) is 18.3 Å². The van der Waals surface area contributed by atoms with Crippen LogP contribution in [0.1, 0.15) is 25.8 Å². The summed E-state index contributed by atoms with van der Waals surface area (Å²) in [6.45, 7) is 3.93. The predicted octanol–water partition coefficient (Wildman–Crippen LogP) is 2.09. The Kier molecular flexibility index (Phi) is 6.35. The molecule has 0 aliphatic heterocycles. The number of carbonyl (C=O) groups is 2. The van der Waals surface area contributed by atoms with Crippen molar-refractivity contribution < 1.29 is 14.7 Å². The zero-order valence-electron chi connectivity index (χ0n) is 11.2. The van der Waals surface area contributed by atoms with Crippen molar-refractivity contribution >= 4 is 23.3 Å². The van der Waals surface area contributed by atoms with Gasteiger partial charge in [-0.1, -0.05) is 6.92 Å². The Morgan fingerprint density at radius 3 is 2.74 bits per heavy atom. The summed E-state index contributed by atoms with van der Waals surface area (Å²) in [5, 5.41) is 18.3. The molecule has 19 heavy (non-hydrogen) atoms. The first-order valence-electron chi connectivity index (χ1n) is 6.27. The third-order valence-corrected chi connectivity index (χ3v) is 3.52. The number of rotatable bonds is 7. The van der Waals surface area contributed by atoms with E-state index in [0.29, 0.717) is 13.0 Å². The Morgan fingerprint density at radius 2 is 2.16 bits per heavy atom. The first kappa shape index (κ1) is 15.5. The Labute approximate surface area is 117 Å². The monoisotopic (exact) mass is 284 g/mol. The van der Waals surface area contributed by atoms with Crippen LogP contribution in [0.4, 0.5) is 4.79 Å². The summed E-state index contributed by atoms with van der Waals surface area (Å²) in [6.07, 6.45) is 1.23. The normalized spacial score (nSPS) is 13.6. The second-order valence-electron chi connectivity index (χ2n) is 4.66. The van der Waals surface area contributed by atoms with Crippen LogP contribution < -0.4 is 10.6 Å². The molecule has 2 unspecified atom stereocenters. The highest BCUT2D eigenvalue weighted by atomic mass is 32.1. The van der Waals surface area contributed by atoms with Crippen LogP contribution in [0.25, 0.3) is 0 Å². The minimum Gasteiger partial charge on any atom is -0.481 e. The number of carboxylic acids is 1. The highest BCUT2D eigenvalue weighted by molar-refractivity contribution is 7.07. The van der Waals surface area contributed by atoms with Crippen LogP contribution in [-0.2, 0) is 11.2 Å². The van der Waals surface area contributed by atoms with Gasteiger partial charge in [0.2, 0.25) is 0 Å². The number of carboxylic acid groups (broad SMARTS) is 1. The SMILES string of the molecule is CC(Cc1ccsc1)NC(=O)NCCC(C)C(=O)O. The molecule has 0 aromatic carbocycles. The molecule has 2 amide bonds. The molecule has 0 saturated heterocycles. The minimum atomic E-state index is -0.840. The molecule has 0 aliphatic carbocycles. The third kappa shape index (κ3) is 6.24. The van der Waals surface area contributed by atoms with Gasteiger partial charge in [0.25, 0.3) is 0 Å². The Balaban J connectivity index is 2.18. The summed E-state index contributed by atoms with van der Waals surface area (Å²) in [5.41, 5.74) is 1.21. The van der Waals surface area contributed by atoms with Crippen LogP contribution in [0.15, 0.2) is 16.8 Å². The molecule has 5 nitrogen and oxygen atoms in total. The Hall–Kier alpha value is -1.56. The van der Waals surface area contributed by atoms with Crippen molar-refractivity contribution in [3.63, 3.8) is 0 Å². The van der Waals surface area contributed by atoms with Crippen molar-refractivity contribution in [1.82, 2.24) is 10.6 Å². The molecule has 1 rings (SSSR count). The van der Waals surface area contributed by atoms with Gasteiger partial charge in [0.05, 0.1) is 5.92 Å². The molecule has 1 aromatic rings. The number of carbonyl (C=O) groups excluding carboxylic acids is 1. The summed E-state index contributed by atoms with van der Waals surface area (Å²) in [5.74, 6) is -1.28. The van der Waals surface area contributed by atoms with Crippen molar-refractivity contribution in [2.45, 2.75) is 32.7 Å². The summed E-state index contributed by atoms with van der Waals surface area (Å²) in [4.78, 5) is 22.2. The van der Waals surface area contributed by atoms with E-state index in [4.69, 9.17) is 5.11 Å². The maximum atomic E-state index is 11.6. The first-order chi connectivity index (χ1) is 8.99. The number of aliphatic carboxylic acids is 1. The molecule has 6 heteroatoms. The predicted molar refractivity (Wildman–Crippen MR) is 75.4 cm³/mol. The summed E-state index contributed by atoms with van der Waals surface area (Å²) < 4.78 is 0. The zero-order chi connectivity index (χ0) is 14.3. The molecule has 106 valence electrons. The van der Waals surface area contributed by atoms with Gasteiger partial charge in [-0.25, -0.2) is 4.79 Å². The van der Waals surface area contributed by atoms with Crippen LogP contribution >= 0.6 is 11.3 Å². The number of hydrogen-bond acceptors (Lipinski definition) is 3. The molecule has 1 heterocycles. The minimum absolute atomic E-state index is 0.0477. The number of nitrogens with one attached hydrogen (secondary N) is 2. The van der Waals surface area contributed by atoms with E-state index in [-0.39, 0.29) is 12.1 Å². The second kappa shape index (κ2) is 7.78. The van der Waals surface area contributed by atoms with Crippen LogP contribution in [0.5, 0.6) is 0 Å². The average Bonchev–Trinajstić information content (AvgIpc) is 2.81. The fourth-order valence-corrected chi connectivity index (χ4v) is 2.30. The van der Waals surface area contributed by atoms with Gasteiger partial charge in [-0.05, 0) is 42.2 Å². The van der Waals surface area contributed by atoms with Gasteiger partial charge in [0.1, 0.15) is 0 Å². The largest absolute Gasteiger partial charge is 0.481 e. The van der Waals surface area contributed by atoms with Gasteiger partial charge >= 0.3 is 12.0 Å². The lowest BCUT2D eigenvalue weighted by Crippen LogP contribution is -2.42. The molecular weight excluding hydrogens is 264 g/mol. The van der Waals surface area contributed by atoms with Gasteiger partial charge in [-0.15, -0.1) is 0 Å². The molecule has 0 radical (unpaired) electrons. The maximum Gasteiger partial charge on any atom is 0.315 e. The second-order valence-corrected chi connectivity index (χ2v) is 5.45. The van der Waals surface area contributed by atoms with Gasteiger partial charge in [0.15, 0.2) is 0 Å². The molecule has 0 fully saturated rings. The van der Waals surface area contributed by atoms with Crippen LogP contribution in [0, 0.1) is 5.92 Å². The first-order valence-corrected chi connectivity index (χ1v) is 7.21. The molecule has 0 bridgehead atoms. The van der Waals surface area contributed by atoms with Gasteiger partial charge in [-0.2, -0.15) is 11.3 Å². The fourth-order valence-electron chi connectivity index (χ4n) is 1.61. The summed E-state index contributed by atoms with van der Waals surface area (Å²) >= 11 is 1.64. The Bertz CT molecular complexity index is 406. The molecule has 2 atom stereocenters. The zero-order valence-corrected chi connectivity index (χ0v) is 12.0. The van der Waals surface area contributed by atoms with Crippen molar-refractivity contribution in [2.24, 2.45) is 5.92 Å². The average molecular weight is 284 g/mol. The van der Waals surface area contributed by atoms with Crippen molar-refractivity contribution in [3.05, 3.63) is 22.4 Å². The Morgan fingerprint density at radius 1 is 1.42 bits per heavy atom. The van der Waals surface area contributed by atoms with E-state index in [9.17, 15) is 9.59 Å². The number of amides is 2. The summed E-state index contributed by atoms with van der Waals surface area (Å²) in [6, 6.07) is 1.83. The van der Waals surface area contributed by atoms with Crippen LogP contribution in [-0.4, -0.2) is 29.7 Å². The standard InChI is InChI=1S/C13H20N2O3S/c1-9(12(16)17)3-5-14-13(18)15-10(2)7-11-4-6-19-8-11/h4,6,8-10H,3,5,7H2,1-2H3,(H,16,17)(H2,14,15,18). The molecule has 3 N–H and O–H groups in total. The molecular formula is C13H20N2O3S. The van der Waals surface area contributed by atoms with E-state index < -0.39 is 11.9 Å². The lowest BCUT2D eigenvalue weighted by atomic mass is 10.1. The van der Waals surface area contributed by atoms with Crippen LogP contribution in [0.2, 0.25) is 0 Å². The van der Waals surface area contributed by atoms with Crippen molar-refractivity contribution in [3.8, 4) is 0 Å². The van der Waals surface area contributed by atoms with E-state index in [0.717, 1.165) is 6.42 Å². The van der Waals surface area contributed by atoms with E-state index in [1.807, 2.05) is 18.4 Å². The highest BCUT2D eigenvalue weighted by Crippen LogP contribution is 2.08. The molecule has 0 spiro atoms. The highest BCUT2D eigenvalue weighted by Gasteiger charge is 2.12. The van der Waals surface area contributed by atoms with E-state index in [1.165, 1.54) is 5.56 Å². The third-order valence-electron chi connectivity index (χ3n) is 2.78. The topological polar surface area (TPSA) is 78.4 Å². The fraction of sp³-hybridized carbons (Fsp3) is 0.538. The molecule has 1 aromatic heterocycles. The maximum absolute atomic E-state index is 11.6. The lowest BCUT2D eigenvalue weighted by Gasteiger charge is -2.14. The number of urea groups is 1. The van der Waals surface area contributed by atoms with E-state index in [2.05, 4.69) is 16.0 Å². The number of thiophene rings is 1. The number of hydrogen-bond donors (Lipinski definition) is 3. The van der Waals surface area contributed by atoms with Crippen molar-refractivity contribution in [1.29, 1.82) is 0 Å². The smallest absolute Gasteiger partial charge is 0.315 e. The van der Waals surface area contributed by atoms with Crippen molar-refractivity contribution in [2.75, 3.05) is 6.54 Å². The van der Waals surface area contributed by atoms with Gasteiger partial charge in [-0.3, -0.25) is 4.79 Å².